The smallest absolute Gasteiger partial charge is 0.236 e. The summed E-state index contributed by atoms with van der Waals surface area (Å²) in [5, 5.41) is 12.1. The molecule has 0 unspecified atom stereocenters. The summed E-state index contributed by atoms with van der Waals surface area (Å²) in [6.45, 7) is 1.25. The third-order valence-corrected chi connectivity index (χ3v) is 2.42. The Morgan fingerprint density at radius 3 is 2.62 bits per heavy atom. The number of carbonyl (C=O) groups excluding carboxylic acids is 1. The van der Waals surface area contributed by atoms with Gasteiger partial charge < -0.3 is 15.3 Å². The van der Waals surface area contributed by atoms with Crippen LogP contribution in [0.25, 0.3) is 0 Å². The second-order valence-corrected chi connectivity index (χ2v) is 3.91. The molecule has 0 aromatic heterocycles. The SMILES string of the molecule is CN(C)C(=O)CNCC1CC(O)C1. The van der Waals surface area contributed by atoms with E-state index in [-0.39, 0.29) is 12.0 Å². The van der Waals surface area contributed by atoms with Gasteiger partial charge in [0.25, 0.3) is 0 Å². The van der Waals surface area contributed by atoms with Gasteiger partial charge in [0.05, 0.1) is 12.6 Å². The molecule has 0 atom stereocenters. The Bertz CT molecular complexity index is 176. The highest BCUT2D eigenvalue weighted by atomic mass is 16.3. The molecule has 4 nitrogen and oxygen atoms in total. The fourth-order valence-electron chi connectivity index (χ4n) is 1.41. The summed E-state index contributed by atoms with van der Waals surface area (Å²) in [7, 11) is 3.49. The molecule has 0 aliphatic heterocycles. The molecule has 0 saturated heterocycles. The zero-order chi connectivity index (χ0) is 9.84. The Kier molecular flexibility index (Phi) is 3.69. The topological polar surface area (TPSA) is 52.6 Å². The van der Waals surface area contributed by atoms with Crippen LogP contribution in [-0.2, 0) is 4.79 Å². The van der Waals surface area contributed by atoms with E-state index in [1.54, 1.807) is 19.0 Å². The van der Waals surface area contributed by atoms with Crippen LogP contribution in [0.3, 0.4) is 0 Å². The maximum Gasteiger partial charge on any atom is 0.236 e. The summed E-state index contributed by atoms with van der Waals surface area (Å²) < 4.78 is 0. The van der Waals surface area contributed by atoms with Crippen molar-refractivity contribution in [2.75, 3.05) is 27.2 Å². The van der Waals surface area contributed by atoms with E-state index in [9.17, 15) is 4.79 Å². The van der Waals surface area contributed by atoms with Crippen molar-refractivity contribution in [3.05, 3.63) is 0 Å². The van der Waals surface area contributed by atoms with Crippen LogP contribution in [0, 0.1) is 5.92 Å². The van der Waals surface area contributed by atoms with Crippen molar-refractivity contribution in [2.45, 2.75) is 18.9 Å². The molecular formula is C9H18N2O2. The summed E-state index contributed by atoms with van der Waals surface area (Å²) in [5.41, 5.74) is 0. The van der Waals surface area contributed by atoms with Crippen LogP contribution in [0.2, 0.25) is 0 Å². The van der Waals surface area contributed by atoms with Gasteiger partial charge in [0, 0.05) is 14.1 Å². The van der Waals surface area contributed by atoms with Crippen LogP contribution in [0.15, 0.2) is 0 Å². The van der Waals surface area contributed by atoms with E-state index in [0.29, 0.717) is 12.5 Å². The summed E-state index contributed by atoms with van der Waals surface area (Å²) >= 11 is 0. The number of nitrogens with zero attached hydrogens (tertiary/aromatic N) is 1. The molecule has 1 aliphatic rings. The zero-order valence-corrected chi connectivity index (χ0v) is 8.29. The number of carbonyl (C=O) groups is 1. The Morgan fingerprint density at radius 1 is 1.54 bits per heavy atom. The van der Waals surface area contributed by atoms with E-state index in [0.717, 1.165) is 19.4 Å². The summed E-state index contributed by atoms with van der Waals surface area (Å²) in [6.07, 6.45) is 1.66. The predicted molar refractivity (Wildman–Crippen MR) is 50.3 cm³/mol. The zero-order valence-electron chi connectivity index (χ0n) is 8.29. The monoisotopic (exact) mass is 186 g/mol. The van der Waals surface area contributed by atoms with Gasteiger partial charge >= 0.3 is 0 Å². The number of hydrogen-bond acceptors (Lipinski definition) is 3. The fraction of sp³-hybridized carbons (Fsp3) is 0.889. The lowest BCUT2D eigenvalue weighted by atomic mass is 9.82. The average molecular weight is 186 g/mol. The first-order valence-electron chi connectivity index (χ1n) is 4.68. The van der Waals surface area contributed by atoms with Gasteiger partial charge in [0.15, 0.2) is 0 Å². The molecule has 4 heteroatoms. The minimum Gasteiger partial charge on any atom is -0.393 e. The fourth-order valence-corrected chi connectivity index (χ4v) is 1.41. The molecule has 0 heterocycles. The van der Waals surface area contributed by atoms with Crippen LogP contribution >= 0.6 is 0 Å². The number of amides is 1. The van der Waals surface area contributed by atoms with Gasteiger partial charge in [-0.3, -0.25) is 4.79 Å². The molecule has 0 spiro atoms. The van der Waals surface area contributed by atoms with Crippen molar-refractivity contribution in [1.29, 1.82) is 0 Å². The predicted octanol–water partition coefficient (Wildman–Crippen LogP) is -0.565. The second kappa shape index (κ2) is 4.58. The first-order chi connectivity index (χ1) is 6.09. The van der Waals surface area contributed by atoms with E-state index in [1.165, 1.54) is 0 Å². The normalized spacial score (nSPS) is 26.7. The number of nitrogens with one attached hydrogen (secondary N) is 1. The minimum atomic E-state index is -0.101. The van der Waals surface area contributed by atoms with Gasteiger partial charge in [-0.25, -0.2) is 0 Å². The molecule has 1 saturated carbocycles. The van der Waals surface area contributed by atoms with Crippen LogP contribution in [0.5, 0.6) is 0 Å². The van der Waals surface area contributed by atoms with Crippen molar-refractivity contribution in [3.63, 3.8) is 0 Å². The van der Waals surface area contributed by atoms with Crippen LogP contribution in [-0.4, -0.2) is 49.2 Å². The number of likely N-dealkylation sites (N-methyl/N-ethyl adjacent to an activating group) is 1. The maximum absolute atomic E-state index is 11.1. The van der Waals surface area contributed by atoms with Gasteiger partial charge in [0.2, 0.25) is 5.91 Å². The molecule has 0 bridgehead atoms. The van der Waals surface area contributed by atoms with E-state index in [1.807, 2.05) is 0 Å². The van der Waals surface area contributed by atoms with Crippen LogP contribution in [0.1, 0.15) is 12.8 Å². The first-order valence-corrected chi connectivity index (χ1v) is 4.68. The Labute approximate surface area is 78.9 Å². The van der Waals surface area contributed by atoms with Crippen LogP contribution < -0.4 is 5.32 Å². The number of rotatable bonds is 4. The van der Waals surface area contributed by atoms with E-state index in [2.05, 4.69) is 5.32 Å². The minimum absolute atomic E-state index is 0.0971. The van der Waals surface area contributed by atoms with Crippen molar-refractivity contribution >= 4 is 5.91 Å². The van der Waals surface area contributed by atoms with E-state index < -0.39 is 0 Å². The molecule has 0 radical (unpaired) electrons. The molecule has 1 fully saturated rings. The van der Waals surface area contributed by atoms with Gasteiger partial charge in [-0.15, -0.1) is 0 Å². The molecule has 1 aliphatic carbocycles. The summed E-state index contributed by atoms with van der Waals surface area (Å²) in [6, 6.07) is 0. The highest BCUT2D eigenvalue weighted by Gasteiger charge is 2.26. The molecule has 13 heavy (non-hydrogen) atoms. The van der Waals surface area contributed by atoms with E-state index >= 15 is 0 Å². The highest BCUT2D eigenvalue weighted by Crippen LogP contribution is 2.25. The molecular weight excluding hydrogens is 168 g/mol. The largest absolute Gasteiger partial charge is 0.393 e. The van der Waals surface area contributed by atoms with Gasteiger partial charge in [0.1, 0.15) is 0 Å². The molecule has 0 aromatic carbocycles. The van der Waals surface area contributed by atoms with Crippen LogP contribution in [0.4, 0.5) is 0 Å². The van der Waals surface area contributed by atoms with Gasteiger partial charge in [-0.1, -0.05) is 0 Å². The van der Waals surface area contributed by atoms with Gasteiger partial charge in [-0.05, 0) is 25.3 Å². The lowest BCUT2D eigenvalue weighted by Crippen LogP contribution is -2.40. The number of aliphatic hydroxyl groups excluding tert-OH is 1. The Balaban J connectivity index is 1.98. The molecule has 1 rings (SSSR count). The number of hydrogen-bond donors (Lipinski definition) is 2. The summed E-state index contributed by atoms with van der Waals surface area (Å²) in [5.74, 6) is 0.657. The third-order valence-electron chi connectivity index (χ3n) is 2.42. The Hall–Kier alpha value is -0.610. The van der Waals surface area contributed by atoms with Crippen molar-refractivity contribution < 1.29 is 9.90 Å². The molecule has 2 N–H and O–H groups in total. The quantitative estimate of drug-likeness (QED) is 0.618. The van der Waals surface area contributed by atoms with Crippen molar-refractivity contribution in [2.24, 2.45) is 5.92 Å². The highest BCUT2D eigenvalue weighted by molar-refractivity contribution is 5.77. The molecule has 76 valence electrons. The first kappa shape index (κ1) is 10.5. The number of aliphatic hydroxyl groups is 1. The second-order valence-electron chi connectivity index (χ2n) is 3.91. The van der Waals surface area contributed by atoms with Crippen molar-refractivity contribution in [3.8, 4) is 0 Å². The molecule has 1 amide bonds. The molecule has 0 aromatic rings. The maximum atomic E-state index is 11.1. The van der Waals surface area contributed by atoms with E-state index in [4.69, 9.17) is 5.11 Å². The summed E-state index contributed by atoms with van der Waals surface area (Å²) in [4.78, 5) is 12.7. The van der Waals surface area contributed by atoms with Gasteiger partial charge in [-0.2, -0.15) is 0 Å². The Morgan fingerprint density at radius 2 is 2.15 bits per heavy atom. The third kappa shape index (κ3) is 3.32. The van der Waals surface area contributed by atoms with Crippen molar-refractivity contribution in [1.82, 2.24) is 10.2 Å². The standard InChI is InChI=1S/C9H18N2O2/c1-11(2)9(13)6-10-5-7-3-8(12)4-7/h7-8,10,12H,3-6H2,1-2H3. The lowest BCUT2D eigenvalue weighted by Gasteiger charge is -2.31. The average Bonchev–Trinajstić information content (AvgIpc) is 2.00. The lowest BCUT2D eigenvalue weighted by molar-refractivity contribution is -0.127.